The van der Waals surface area contributed by atoms with Gasteiger partial charge in [0, 0.05) is 12.7 Å². The summed E-state index contributed by atoms with van der Waals surface area (Å²) in [5.41, 5.74) is 1.78. The summed E-state index contributed by atoms with van der Waals surface area (Å²) >= 11 is 0. The van der Waals surface area contributed by atoms with Crippen LogP contribution < -0.4 is 10.1 Å². The molecular formula is C21H25NO3. The molecule has 0 heterocycles. The van der Waals surface area contributed by atoms with E-state index in [1.165, 1.54) is 0 Å². The first-order chi connectivity index (χ1) is 12.2. The summed E-state index contributed by atoms with van der Waals surface area (Å²) in [5, 5.41) is 3.22. The molecule has 2 aromatic rings. The van der Waals surface area contributed by atoms with Gasteiger partial charge >= 0.3 is 0 Å². The molecule has 3 unspecified atom stereocenters. The third-order valence-electron chi connectivity index (χ3n) is 4.70. The molecule has 1 amide bonds. The third kappa shape index (κ3) is 4.60. The number of amides is 1. The highest BCUT2D eigenvalue weighted by atomic mass is 16.5. The molecule has 3 atom stereocenters. The second kappa shape index (κ2) is 8.17. The fourth-order valence-corrected chi connectivity index (χ4v) is 3.11. The molecule has 0 radical (unpaired) electrons. The second-order valence-electron chi connectivity index (χ2n) is 6.61. The molecule has 3 rings (SSSR count). The van der Waals surface area contributed by atoms with Crippen molar-refractivity contribution in [2.75, 3.05) is 20.3 Å². The van der Waals surface area contributed by atoms with Crippen LogP contribution in [0.4, 0.5) is 0 Å². The molecule has 0 bridgehead atoms. The molecule has 1 N–H and O–H groups in total. The largest absolute Gasteiger partial charge is 0.491 e. The lowest BCUT2D eigenvalue weighted by Crippen LogP contribution is -2.30. The Balaban J connectivity index is 1.70. The van der Waals surface area contributed by atoms with Crippen molar-refractivity contribution in [1.29, 1.82) is 0 Å². The lowest BCUT2D eigenvalue weighted by molar-refractivity contribution is 0.0930. The van der Waals surface area contributed by atoms with Crippen molar-refractivity contribution >= 4 is 5.91 Å². The van der Waals surface area contributed by atoms with Crippen LogP contribution in [0.15, 0.2) is 54.6 Å². The van der Waals surface area contributed by atoms with E-state index < -0.39 is 0 Å². The first-order valence-electron chi connectivity index (χ1n) is 8.76. The second-order valence-corrected chi connectivity index (χ2v) is 6.61. The van der Waals surface area contributed by atoms with Gasteiger partial charge in [-0.25, -0.2) is 0 Å². The Morgan fingerprint density at radius 2 is 1.92 bits per heavy atom. The molecule has 0 spiro atoms. The maximum absolute atomic E-state index is 12.8. The summed E-state index contributed by atoms with van der Waals surface area (Å²) in [7, 11) is 1.63. The lowest BCUT2D eigenvalue weighted by atomic mass is 10.0. The molecule has 1 saturated carbocycles. The van der Waals surface area contributed by atoms with Crippen molar-refractivity contribution in [2.45, 2.75) is 19.4 Å². The van der Waals surface area contributed by atoms with Gasteiger partial charge in [-0.2, -0.15) is 0 Å². The van der Waals surface area contributed by atoms with E-state index in [1.807, 2.05) is 36.4 Å². The Hall–Kier alpha value is -2.33. The zero-order valence-corrected chi connectivity index (χ0v) is 14.8. The predicted octanol–water partition coefficient (Wildman–Crippen LogP) is 3.84. The van der Waals surface area contributed by atoms with Gasteiger partial charge in [-0.1, -0.05) is 43.3 Å². The van der Waals surface area contributed by atoms with Crippen LogP contribution in [0.2, 0.25) is 0 Å². The van der Waals surface area contributed by atoms with Gasteiger partial charge in [-0.3, -0.25) is 4.79 Å². The molecule has 1 fully saturated rings. The fraction of sp³-hybridized carbons (Fsp3) is 0.381. The number of nitrogens with one attached hydrogen (secondary N) is 1. The molecule has 25 heavy (non-hydrogen) atoms. The molecule has 2 aromatic carbocycles. The lowest BCUT2D eigenvalue weighted by Gasteiger charge is -2.19. The summed E-state index contributed by atoms with van der Waals surface area (Å²) in [4.78, 5) is 12.8. The molecule has 1 aliphatic carbocycles. The maximum Gasteiger partial charge on any atom is 0.251 e. The Bertz CT molecular complexity index is 701. The minimum Gasteiger partial charge on any atom is -0.491 e. The Morgan fingerprint density at radius 1 is 1.16 bits per heavy atom. The number of methoxy groups -OCH3 is 1. The van der Waals surface area contributed by atoms with Crippen molar-refractivity contribution in [3.05, 3.63) is 65.7 Å². The van der Waals surface area contributed by atoms with Crippen molar-refractivity contribution in [1.82, 2.24) is 5.32 Å². The SMILES string of the molecule is COCCOc1cccc(C(=O)NC(c2ccccc2)C2CC2C)c1. The Morgan fingerprint density at radius 3 is 2.60 bits per heavy atom. The number of hydrogen-bond donors (Lipinski definition) is 1. The summed E-state index contributed by atoms with van der Waals surface area (Å²) < 4.78 is 10.6. The summed E-state index contributed by atoms with van der Waals surface area (Å²) in [6.07, 6.45) is 1.15. The highest BCUT2D eigenvalue weighted by Crippen LogP contribution is 2.47. The van der Waals surface area contributed by atoms with Gasteiger partial charge in [-0.15, -0.1) is 0 Å². The molecule has 0 saturated heterocycles. The van der Waals surface area contributed by atoms with E-state index in [0.29, 0.717) is 36.4 Å². The minimum absolute atomic E-state index is 0.0572. The normalized spacial score (nSPS) is 19.9. The van der Waals surface area contributed by atoms with Gasteiger partial charge in [-0.05, 0) is 42.0 Å². The van der Waals surface area contributed by atoms with Crippen LogP contribution in [0.25, 0.3) is 0 Å². The number of carbonyl (C=O) groups is 1. The molecule has 0 aliphatic heterocycles. The average Bonchev–Trinajstić information content (AvgIpc) is 3.37. The summed E-state index contributed by atoms with van der Waals surface area (Å²) in [6.45, 7) is 3.22. The quantitative estimate of drug-likeness (QED) is 0.743. The van der Waals surface area contributed by atoms with E-state index in [9.17, 15) is 4.79 Å². The van der Waals surface area contributed by atoms with E-state index in [4.69, 9.17) is 9.47 Å². The first kappa shape index (κ1) is 17.5. The van der Waals surface area contributed by atoms with Crippen LogP contribution in [0.3, 0.4) is 0 Å². The highest BCUT2D eigenvalue weighted by Gasteiger charge is 2.40. The van der Waals surface area contributed by atoms with Crippen LogP contribution >= 0.6 is 0 Å². The van der Waals surface area contributed by atoms with Gasteiger partial charge in [0.2, 0.25) is 0 Å². The van der Waals surface area contributed by atoms with E-state index in [0.717, 1.165) is 12.0 Å². The number of hydrogen-bond acceptors (Lipinski definition) is 3. The van der Waals surface area contributed by atoms with Crippen molar-refractivity contribution < 1.29 is 14.3 Å². The first-order valence-corrected chi connectivity index (χ1v) is 8.76. The van der Waals surface area contributed by atoms with Crippen LogP contribution in [-0.4, -0.2) is 26.2 Å². The van der Waals surface area contributed by atoms with Crippen molar-refractivity contribution in [3.63, 3.8) is 0 Å². The van der Waals surface area contributed by atoms with E-state index >= 15 is 0 Å². The van der Waals surface area contributed by atoms with Gasteiger partial charge in [0.1, 0.15) is 12.4 Å². The highest BCUT2D eigenvalue weighted by molar-refractivity contribution is 5.94. The third-order valence-corrected chi connectivity index (χ3v) is 4.70. The maximum atomic E-state index is 12.8. The molecule has 0 aromatic heterocycles. The van der Waals surface area contributed by atoms with Gasteiger partial charge < -0.3 is 14.8 Å². The summed E-state index contributed by atoms with van der Waals surface area (Å²) in [6, 6.07) is 17.6. The Kier molecular flexibility index (Phi) is 5.71. The minimum atomic E-state index is -0.0647. The standard InChI is InChI=1S/C21H25NO3/c1-15-13-19(15)20(16-7-4-3-5-8-16)22-21(23)17-9-6-10-18(14-17)25-12-11-24-2/h3-10,14-15,19-20H,11-13H2,1-2H3,(H,22,23). The predicted molar refractivity (Wildman–Crippen MR) is 97.7 cm³/mol. The van der Waals surface area contributed by atoms with Gasteiger partial charge in [0.05, 0.1) is 12.6 Å². The van der Waals surface area contributed by atoms with E-state index in [1.54, 1.807) is 13.2 Å². The van der Waals surface area contributed by atoms with Crippen molar-refractivity contribution in [3.8, 4) is 5.75 Å². The van der Waals surface area contributed by atoms with Crippen LogP contribution in [0.1, 0.15) is 35.3 Å². The smallest absolute Gasteiger partial charge is 0.251 e. The summed E-state index contributed by atoms with van der Waals surface area (Å²) in [5.74, 6) is 1.77. The molecule has 132 valence electrons. The van der Waals surface area contributed by atoms with Gasteiger partial charge in [0.25, 0.3) is 5.91 Å². The average molecular weight is 339 g/mol. The zero-order valence-electron chi connectivity index (χ0n) is 14.8. The Labute approximate surface area is 149 Å². The number of rotatable bonds is 8. The molecule has 1 aliphatic rings. The van der Waals surface area contributed by atoms with Crippen molar-refractivity contribution in [2.24, 2.45) is 11.8 Å². The molecule has 4 nitrogen and oxygen atoms in total. The van der Waals surface area contributed by atoms with Crippen LogP contribution in [0, 0.1) is 11.8 Å². The topological polar surface area (TPSA) is 47.6 Å². The monoisotopic (exact) mass is 339 g/mol. The number of benzene rings is 2. The number of carbonyl (C=O) groups excluding carboxylic acids is 1. The van der Waals surface area contributed by atoms with E-state index in [-0.39, 0.29) is 11.9 Å². The zero-order chi connectivity index (χ0) is 17.6. The molecular weight excluding hydrogens is 314 g/mol. The van der Waals surface area contributed by atoms with E-state index in [2.05, 4.69) is 24.4 Å². The molecule has 4 heteroatoms. The van der Waals surface area contributed by atoms with Crippen LogP contribution in [0.5, 0.6) is 5.75 Å². The number of ether oxygens (including phenoxy) is 2. The van der Waals surface area contributed by atoms with Gasteiger partial charge in [0.15, 0.2) is 0 Å². The fourth-order valence-electron chi connectivity index (χ4n) is 3.11. The van der Waals surface area contributed by atoms with Crippen LogP contribution in [-0.2, 0) is 4.74 Å².